The lowest BCUT2D eigenvalue weighted by Crippen LogP contribution is -2.41. The standard InChI is InChI=1S/C9H14N2O2/c1-5-7-8(9(12)13)11(4)6(2)10(7)3/h5H2,1-4H3. The van der Waals surface area contributed by atoms with E-state index in [4.69, 9.17) is 0 Å². The number of carboxylic acid groups (broad SMARTS) is 1. The zero-order chi connectivity index (χ0) is 10.2. The van der Waals surface area contributed by atoms with Crippen LogP contribution < -0.4 is 9.67 Å². The van der Waals surface area contributed by atoms with Gasteiger partial charge >= 0.3 is 0 Å². The van der Waals surface area contributed by atoms with Crippen LogP contribution in [-0.4, -0.2) is 10.5 Å². The van der Waals surface area contributed by atoms with E-state index in [1.165, 1.54) is 0 Å². The van der Waals surface area contributed by atoms with Crippen LogP contribution in [0.3, 0.4) is 0 Å². The molecule has 4 nitrogen and oxygen atoms in total. The Morgan fingerprint density at radius 2 is 2.15 bits per heavy atom. The number of imidazole rings is 1. The molecule has 0 aliphatic carbocycles. The molecule has 72 valence electrons. The SMILES string of the molecule is CCc1c(C(=O)[O-])[n+](C)c(C)n1C. The molecule has 0 spiro atoms. The summed E-state index contributed by atoms with van der Waals surface area (Å²) in [7, 11) is 3.60. The Kier molecular flexibility index (Phi) is 2.40. The molecule has 13 heavy (non-hydrogen) atoms. The molecule has 1 aromatic rings. The van der Waals surface area contributed by atoms with Crippen LogP contribution in [-0.2, 0) is 20.5 Å². The van der Waals surface area contributed by atoms with Crippen molar-refractivity contribution in [3.8, 4) is 0 Å². The lowest BCUT2D eigenvalue weighted by atomic mass is 10.2. The number of carbonyl (C=O) groups is 1. The first-order chi connectivity index (χ1) is 6.00. The fourth-order valence-electron chi connectivity index (χ4n) is 1.59. The van der Waals surface area contributed by atoms with Gasteiger partial charge in [-0.05, 0) is 0 Å². The van der Waals surface area contributed by atoms with Gasteiger partial charge in [0.2, 0.25) is 0 Å². The molecule has 0 saturated heterocycles. The van der Waals surface area contributed by atoms with E-state index in [0.717, 1.165) is 11.5 Å². The van der Waals surface area contributed by atoms with E-state index in [2.05, 4.69) is 0 Å². The third kappa shape index (κ3) is 1.32. The molecule has 0 bridgehead atoms. The van der Waals surface area contributed by atoms with E-state index in [0.29, 0.717) is 6.42 Å². The summed E-state index contributed by atoms with van der Waals surface area (Å²) in [5.41, 5.74) is 1.09. The van der Waals surface area contributed by atoms with Gasteiger partial charge in [0.05, 0.1) is 14.1 Å². The molecule has 1 aromatic heterocycles. The van der Waals surface area contributed by atoms with Crippen LogP contribution in [0.25, 0.3) is 0 Å². The molecule has 0 unspecified atom stereocenters. The lowest BCUT2D eigenvalue weighted by molar-refractivity contribution is -0.681. The van der Waals surface area contributed by atoms with Gasteiger partial charge in [0.1, 0.15) is 5.97 Å². The fraction of sp³-hybridized carbons (Fsp3) is 0.556. The molecule has 0 radical (unpaired) electrons. The van der Waals surface area contributed by atoms with Crippen LogP contribution in [0.15, 0.2) is 0 Å². The maximum absolute atomic E-state index is 10.8. The third-order valence-electron chi connectivity index (χ3n) is 2.51. The van der Waals surface area contributed by atoms with E-state index in [1.807, 2.05) is 25.5 Å². The molecule has 0 atom stereocenters. The van der Waals surface area contributed by atoms with E-state index >= 15 is 0 Å². The van der Waals surface area contributed by atoms with Crippen molar-refractivity contribution in [3.05, 3.63) is 17.2 Å². The van der Waals surface area contributed by atoms with Crippen molar-refractivity contribution < 1.29 is 14.5 Å². The summed E-state index contributed by atoms with van der Waals surface area (Å²) in [6.07, 6.45) is 0.696. The van der Waals surface area contributed by atoms with Gasteiger partial charge in [0, 0.05) is 13.3 Å². The minimum atomic E-state index is -1.11. The van der Waals surface area contributed by atoms with Gasteiger partial charge < -0.3 is 9.90 Å². The molecule has 0 aliphatic rings. The Balaban J connectivity index is 3.48. The predicted molar refractivity (Wildman–Crippen MR) is 45.0 cm³/mol. The molecule has 0 saturated carbocycles. The molecule has 4 heteroatoms. The Bertz CT molecular complexity index is 353. The minimum absolute atomic E-state index is 0.280. The van der Waals surface area contributed by atoms with Crippen LogP contribution in [0.2, 0.25) is 0 Å². The van der Waals surface area contributed by atoms with Crippen molar-refractivity contribution in [1.29, 1.82) is 0 Å². The minimum Gasteiger partial charge on any atom is -0.541 e. The van der Waals surface area contributed by atoms with Crippen molar-refractivity contribution >= 4 is 5.97 Å². The van der Waals surface area contributed by atoms with Crippen molar-refractivity contribution in [3.63, 3.8) is 0 Å². The number of aromatic nitrogens is 2. The van der Waals surface area contributed by atoms with Crippen molar-refractivity contribution in [2.24, 2.45) is 14.1 Å². The molecular formula is C9H14N2O2. The molecule has 0 amide bonds. The topological polar surface area (TPSA) is 48.9 Å². The predicted octanol–water partition coefficient (Wildman–Crippen LogP) is -0.916. The van der Waals surface area contributed by atoms with E-state index in [9.17, 15) is 9.90 Å². The van der Waals surface area contributed by atoms with Crippen LogP contribution >= 0.6 is 0 Å². The molecule has 0 aliphatic heterocycles. The number of rotatable bonds is 2. The molecule has 0 aromatic carbocycles. The maximum atomic E-state index is 10.8. The van der Waals surface area contributed by atoms with Crippen molar-refractivity contribution in [2.75, 3.05) is 0 Å². The van der Waals surface area contributed by atoms with E-state index in [1.54, 1.807) is 11.6 Å². The smallest absolute Gasteiger partial charge is 0.253 e. The Labute approximate surface area is 77.4 Å². The summed E-state index contributed by atoms with van der Waals surface area (Å²) in [6, 6.07) is 0. The van der Waals surface area contributed by atoms with Crippen LogP contribution in [0.5, 0.6) is 0 Å². The van der Waals surface area contributed by atoms with Crippen LogP contribution in [0.1, 0.15) is 28.9 Å². The second-order valence-electron chi connectivity index (χ2n) is 3.10. The third-order valence-corrected chi connectivity index (χ3v) is 2.51. The zero-order valence-electron chi connectivity index (χ0n) is 8.42. The highest BCUT2D eigenvalue weighted by Gasteiger charge is 2.22. The average Bonchev–Trinajstić information content (AvgIpc) is 2.29. The Morgan fingerprint density at radius 1 is 1.62 bits per heavy atom. The maximum Gasteiger partial charge on any atom is 0.253 e. The molecule has 0 fully saturated rings. The van der Waals surface area contributed by atoms with Crippen molar-refractivity contribution in [1.82, 2.24) is 4.57 Å². The lowest BCUT2D eigenvalue weighted by Gasteiger charge is -1.99. The average molecular weight is 182 g/mol. The largest absolute Gasteiger partial charge is 0.541 e. The van der Waals surface area contributed by atoms with Gasteiger partial charge in [-0.3, -0.25) is 0 Å². The Hall–Kier alpha value is -1.32. The normalized spacial score (nSPS) is 10.5. The number of carboxylic acids is 1. The highest BCUT2D eigenvalue weighted by molar-refractivity contribution is 5.83. The second kappa shape index (κ2) is 3.20. The quantitative estimate of drug-likeness (QED) is 0.556. The van der Waals surface area contributed by atoms with Crippen LogP contribution in [0, 0.1) is 6.92 Å². The van der Waals surface area contributed by atoms with Gasteiger partial charge in [-0.2, -0.15) is 0 Å². The van der Waals surface area contributed by atoms with Gasteiger partial charge in [0.15, 0.2) is 11.4 Å². The van der Waals surface area contributed by atoms with E-state index < -0.39 is 5.97 Å². The van der Waals surface area contributed by atoms with Crippen LogP contribution in [0.4, 0.5) is 0 Å². The summed E-state index contributed by atoms with van der Waals surface area (Å²) in [5, 5.41) is 10.8. The zero-order valence-corrected chi connectivity index (χ0v) is 8.42. The van der Waals surface area contributed by atoms with Gasteiger partial charge in [-0.15, -0.1) is 0 Å². The highest BCUT2D eigenvalue weighted by atomic mass is 16.4. The molecule has 0 N–H and O–H groups in total. The van der Waals surface area contributed by atoms with E-state index in [-0.39, 0.29) is 5.69 Å². The first-order valence-corrected chi connectivity index (χ1v) is 4.26. The summed E-state index contributed by atoms with van der Waals surface area (Å²) < 4.78 is 3.53. The number of nitrogens with zero attached hydrogens (tertiary/aromatic N) is 2. The number of hydrogen-bond donors (Lipinski definition) is 0. The summed E-state index contributed by atoms with van der Waals surface area (Å²) in [6.45, 7) is 3.81. The number of carbonyl (C=O) groups excluding carboxylic acids is 1. The van der Waals surface area contributed by atoms with Crippen molar-refractivity contribution in [2.45, 2.75) is 20.3 Å². The summed E-state index contributed by atoms with van der Waals surface area (Å²) in [5.74, 6) is -0.195. The monoisotopic (exact) mass is 182 g/mol. The Morgan fingerprint density at radius 3 is 2.46 bits per heavy atom. The second-order valence-corrected chi connectivity index (χ2v) is 3.10. The molecular weight excluding hydrogens is 168 g/mol. The van der Waals surface area contributed by atoms with Gasteiger partial charge in [-0.1, -0.05) is 6.92 Å². The van der Waals surface area contributed by atoms with Gasteiger partial charge in [-0.25, -0.2) is 9.13 Å². The number of aromatic carboxylic acids is 1. The molecule has 1 rings (SSSR count). The first kappa shape index (κ1) is 9.77. The first-order valence-electron chi connectivity index (χ1n) is 4.26. The van der Waals surface area contributed by atoms with Gasteiger partial charge in [0.25, 0.3) is 5.82 Å². The summed E-state index contributed by atoms with van der Waals surface area (Å²) in [4.78, 5) is 10.8. The highest BCUT2D eigenvalue weighted by Crippen LogP contribution is 2.07. The molecule has 1 heterocycles. The fourth-order valence-corrected chi connectivity index (χ4v) is 1.59. The number of hydrogen-bond acceptors (Lipinski definition) is 2. The summed E-state index contributed by atoms with van der Waals surface area (Å²) >= 11 is 0.